The first kappa shape index (κ1) is 55.1. The number of amides is 1. The third kappa shape index (κ3) is 44.2. The Hall–Kier alpha value is -0.870. The topological polar surface area (TPSA) is 69.6 Å². The first-order valence-corrected chi connectivity index (χ1v) is 25.9. The summed E-state index contributed by atoms with van der Waals surface area (Å²) in [6.07, 6.45) is 62.6. The molecular formula is C52H103NO3. The van der Waals surface area contributed by atoms with Gasteiger partial charge in [-0.15, -0.1) is 0 Å². The van der Waals surface area contributed by atoms with Crippen LogP contribution in [-0.2, 0) is 4.79 Å². The summed E-state index contributed by atoms with van der Waals surface area (Å²) < 4.78 is 0. The second-order valence-electron chi connectivity index (χ2n) is 18.0. The van der Waals surface area contributed by atoms with Crippen molar-refractivity contribution >= 4 is 5.91 Å². The van der Waals surface area contributed by atoms with Crippen LogP contribution in [0.25, 0.3) is 0 Å². The van der Waals surface area contributed by atoms with E-state index in [1.807, 2.05) is 6.08 Å². The molecule has 4 nitrogen and oxygen atoms in total. The van der Waals surface area contributed by atoms with Crippen molar-refractivity contribution in [3.63, 3.8) is 0 Å². The predicted molar refractivity (Wildman–Crippen MR) is 249 cm³/mol. The summed E-state index contributed by atoms with van der Waals surface area (Å²) in [7, 11) is 0. The predicted octanol–water partition coefficient (Wildman–Crippen LogP) is 16.6. The van der Waals surface area contributed by atoms with Gasteiger partial charge in [0, 0.05) is 6.42 Å². The first-order valence-electron chi connectivity index (χ1n) is 25.9. The number of rotatable bonds is 48. The zero-order valence-corrected chi connectivity index (χ0v) is 38.4. The van der Waals surface area contributed by atoms with Gasteiger partial charge in [0.2, 0.25) is 5.91 Å². The molecule has 0 saturated heterocycles. The van der Waals surface area contributed by atoms with Gasteiger partial charge in [-0.3, -0.25) is 4.79 Å². The summed E-state index contributed by atoms with van der Waals surface area (Å²) >= 11 is 0. The van der Waals surface area contributed by atoms with Gasteiger partial charge in [-0.2, -0.15) is 0 Å². The molecule has 0 saturated carbocycles. The average molecular weight is 790 g/mol. The van der Waals surface area contributed by atoms with Crippen LogP contribution in [0.3, 0.4) is 0 Å². The summed E-state index contributed by atoms with van der Waals surface area (Å²) in [6.45, 7) is 4.28. The van der Waals surface area contributed by atoms with Gasteiger partial charge in [0.15, 0.2) is 0 Å². The van der Waals surface area contributed by atoms with Crippen molar-refractivity contribution in [2.45, 2.75) is 309 Å². The smallest absolute Gasteiger partial charge is 0.220 e. The summed E-state index contributed by atoms with van der Waals surface area (Å²) in [4.78, 5) is 12.3. The molecule has 0 aromatic carbocycles. The molecule has 56 heavy (non-hydrogen) atoms. The number of aliphatic hydroxyl groups excluding tert-OH is 2. The number of hydrogen-bond donors (Lipinski definition) is 3. The van der Waals surface area contributed by atoms with Gasteiger partial charge >= 0.3 is 0 Å². The van der Waals surface area contributed by atoms with Crippen LogP contribution >= 0.6 is 0 Å². The largest absolute Gasteiger partial charge is 0.394 e. The van der Waals surface area contributed by atoms with E-state index in [1.54, 1.807) is 6.08 Å². The molecule has 2 atom stereocenters. The fourth-order valence-electron chi connectivity index (χ4n) is 8.30. The molecule has 0 rings (SSSR count). The number of nitrogens with one attached hydrogen (secondary N) is 1. The number of hydrogen-bond acceptors (Lipinski definition) is 3. The maximum atomic E-state index is 12.3. The van der Waals surface area contributed by atoms with E-state index in [1.165, 1.54) is 250 Å². The highest BCUT2D eigenvalue weighted by Crippen LogP contribution is 2.18. The summed E-state index contributed by atoms with van der Waals surface area (Å²) in [5, 5.41) is 22.8. The maximum Gasteiger partial charge on any atom is 0.220 e. The van der Waals surface area contributed by atoms with E-state index in [2.05, 4.69) is 19.2 Å². The fourth-order valence-corrected chi connectivity index (χ4v) is 8.30. The van der Waals surface area contributed by atoms with Crippen molar-refractivity contribution in [3.8, 4) is 0 Å². The zero-order chi connectivity index (χ0) is 40.7. The molecule has 1 amide bonds. The molecule has 0 aliphatic carbocycles. The van der Waals surface area contributed by atoms with Crippen molar-refractivity contribution in [1.82, 2.24) is 5.32 Å². The number of carbonyl (C=O) groups excluding carboxylic acids is 1. The standard InChI is InChI=1S/C52H103NO3/c1-3-5-7-9-11-12-13-14-15-16-17-18-19-20-21-22-23-24-25-26-27-28-29-30-31-32-33-34-35-36-37-38-39-40-42-44-46-48-52(56)53-50(49-54)51(55)47-45-43-41-10-8-6-4-2/h45,47,50-51,54-55H,3-44,46,48-49H2,1-2H3,(H,53,56)/b47-45+. The van der Waals surface area contributed by atoms with Gasteiger partial charge in [0.25, 0.3) is 0 Å². The molecule has 0 fully saturated rings. The van der Waals surface area contributed by atoms with Gasteiger partial charge in [0.1, 0.15) is 0 Å². The number of aliphatic hydroxyl groups is 2. The van der Waals surface area contributed by atoms with E-state index >= 15 is 0 Å². The van der Waals surface area contributed by atoms with Gasteiger partial charge in [-0.25, -0.2) is 0 Å². The van der Waals surface area contributed by atoms with Crippen LogP contribution in [0.1, 0.15) is 296 Å². The monoisotopic (exact) mass is 790 g/mol. The molecule has 2 unspecified atom stereocenters. The van der Waals surface area contributed by atoms with Crippen LogP contribution in [0.15, 0.2) is 12.2 Å². The highest BCUT2D eigenvalue weighted by atomic mass is 16.3. The minimum Gasteiger partial charge on any atom is -0.394 e. The quantitative estimate of drug-likeness (QED) is 0.0425. The van der Waals surface area contributed by atoms with Gasteiger partial charge in [-0.05, 0) is 19.3 Å². The Labute approximate surface area is 352 Å². The highest BCUT2D eigenvalue weighted by molar-refractivity contribution is 5.76. The van der Waals surface area contributed by atoms with Crippen molar-refractivity contribution in [2.24, 2.45) is 0 Å². The van der Waals surface area contributed by atoms with Gasteiger partial charge in [-0.1, -0.05) is 283 Å². The Bertz CT molecular complexity index is 769. The van der Waals surface area contributed by atoms with Gasteiger partial charge in [0.05, 0.1) is 18.8 Å². The van der Waals surface area contributed by atoms with Crippen molar-refractivity contribution < 1.29 is 15.0 Å². The lowest BCUT2D eigenvalue weighted by atomic mass is 10.0. The van der Waals surface area contributed by atoms with E-state index < -0.39 is 12.1 Å². The van der Waals surface area contributed by atoms with Crippen LogP contribution in [0.5, 0.6) is 0 Å². The minimum atomic E-state index is -0.831. The van der Waals surface area contributed by atoms with E-state index in [0.717, 1.165) is 25.7 Å². The first-order chi connectivity index (χ1) is 27.7. The summed E-state index contributed by atoms with van der Waals surface area (Å²) in [5.74, 6) is -0.0626. The lowest BCUT2D eigenvalue weighted by Gasteiger charge is -2.20. The molecule has 0 radical (unpaired) electrons. The Morgan fingerprint density at radius 2 is 0.661 bits per heavy atom. The van der Waals surface area contributed by atoms with Crippen LogP contribution in [0.2, 0.25) is 0 Å². The van der Waals surface area contributed by atoms with E-state index in [0.29, 0.717) is 6.42 Å². The lowest BCUT2D eigenvalue weighted by Crippen LogP contribution is -2.45. The molecule has 0 aliphatic rings. The Balaban J connectivity index is 3.28. The van der Waals surface area contributed by atoms with E-state index in [4.69, 9.17) is 0 Å². The van der Waals surface area contributed by atoms with Crippen LogP contribution in [0.4, 0.5) is 0 Å². The molecule has 0 bridgehead atoms. The second kappa shape index (κ2) is 48.5. The molecule has 0 aromatic rings. The van der Waals surface area contributed by atoms with Gasteiger partial charge < -0.3 is 15.5 Å². The Morgan fingerprint density at radius 1 is 0.411 bits per heavy atom. The van der Waals surface area contributed by atoms with Crippen molar-refractivity contribution in [3.05, 3.63) is 12.2 Å². The highest BCUT2D eigenvalue weighted by Gasteiger charge is 2.18. The Kier molecular flexibility index (Phi) is 47.7. The minimum absolute atomic E-state index is 0.0626. The summed E-state index contributed by atoms with van der Waals surface area (Å²) in [5.41, 5.74) is 0. The number of carbonyl (C=O) groups is 1. The normalized spacial score (nSPS) is 12.9. The van der Waals surface area contributed by atoms with Crippen molar-refractivity contribution in [2.75, 3.05) is 6.61 Å². The maximum absolute atomic E-state index is 12.3. The number of allylic oxidation sites excluding steroid dienone is 1. The molecule has 334 valence electrons. The van der Waals surface area contributed by atoms with Crippen LogP contribution in [0, 0.1) is 0 Å². The average Bonchev–Trinajstić information content (AvgIpc) is 3.20. The van der Waals surface area contributed by atoms with Crippen molar-refractivity contribution in [1.29, 1.82) is 0 Å². The lowest BCUT2D eigenvalue weighted by molar-refractivity contribution is -0.123. The SMILES string of the molecule is CCCCCCC/C=C/C(O)C(CO)NC(=O)CCCCCCCCCCCCCCCCCCCCCCCCCCCCCCCCCCCCCCC. The molecule has 0 spiro atoms. The molecular weight excluding hydrogens is 687 g/mol. The van der Waals surface area contributed by atoms with E-state index in [-0.39, 0.29) is 12.5 Å². The third-order valence-corrected chi connectivity index (χ3v) is 12.3. The second-order valence-corrected chi connectivity index (χ2v) is 18.0. The third-order valence-electron chi connectivity index (χ3n) is 12.3. The molecule has 0 heterocycles. The fraction of sp³-hybridized carbons (Fsp3) is 0.942. The molecule has 0 aliphatic heterocycles. The molecule has 3 N–H and O–H groups in total. The molecule has 0 aromatic heterocycles. The Morgan fingerprint density at radius 3 is 0.929 bits per heavy atom. The van der Waals surface area contributed by atoms with E-state index in [9.17, 15) is 15.0 Å². The zero-order valence-electron chi connectivity index (χ0n) is 38.4. The van der Waals surface area contributed by atoms with Crippen LogP contribution in [-0.4, -0.2) is 34.9 Å². The number of unbranched alkanes of at least 4 members (excludes halogenated alkanes) is 41. The summed E-state index contributed by atoms with van der Waals surface area (Å²) in [6, 6.07) is -0.614. The molecule has 4 heteroatoms. The van der Waals surface area contributed by atoms with Crippen LogP contribution < -0.4 is 5.32 Å².